The van der Waals surface area contributed by atoms with Crippen LogP contribution in [0.4, 0.5) is 15.8 Å². The minimum Gasteiger partial charge on any atom is -0.483 e. The van der Waals surface area contributed by atoms with Gasteiger partial charge in [-0.1, -0.05) is 18.2 Å². The lowest BCUT2D eigenvalue weighted by Crippen LogP contribution is -2.50. The Bertz CT molecular complexity index is 1370. The number of nitrogens with one attached hydrogen (secondary N) is 1. The maximum atomic E-state index is 14.0. The predicted molar refractivity (Wildman–Crippen MR) is 139 cm³/mol. The molecule has 1 aliphatic heterocycles. The van der Waals surface area contributed by atoms with Crippen molar-refractivity contribution in [3.8, 4) is 5.75 Å². The second kappa shape index (κ2) is 10.6. The number of aryl methyl sites for hydroxylation is 3. The van der Waals surface area contributed by atoms with Crippen LogP contribution in [-0.2, 0) is 14.8 Å². The fraction of sp³-hybridized carbons (Fsp3) is 0.296. The third-order valence-corrected chi connectivity index (χ3v) is 7.77. The van der Waals surface area contributed by atoms with Gasteiger partial charge in [-0.05, 0) is 79.9 Å². The van der Waals surface area contributed by atoms with Crippen molar-refractivity contribution in [1.29, 1.82) is 0 Å². The van der Waals surface area contributed by atoms with Crippen molar-refractivity contribution < 1.29 is 22.3 Å². The molecule has 7 nitrogen and oxygen atoms in total. The molecule has 0 atom stereocenters. The van der Waals surface area contributed by atoms with Crippen LogP contribution in [0.5, 0.6) is 5.75 Å². The molecule has 1 heterocycles. The lowest BCUT2D eigenvalue weighted by atomic mass is 10.1. The van der Waals surface area contributed by atoms with Crippen molar-refractivity contribution in [2.24, 2.45) is 0 Å². The molecule has 0 saturated carbocycles. The van der Waals surface area contributed by atoms with Gasteiger partial charge in [0.05, 0.1) is 10.6 Å². The smallest absolute Gasteiger partial charge is 0.261 e. The van der Waals surface area contributed by atoms with Crippen LogP contribution in [0.2, 0.25) is 0 Å². The van der Waals surface area contributed by atoms with Crippen LogP contribution in [-0.4, -0.2) is 52.0 Å². The molecule has 0 aliphatic carbocycles. The van der Waals surface area contributed by atoms with Crippen LogP contribution in [0.1, 0.15) is 16.7 Å². The maximum absolute atomic E-state index is 14.0. The van der Waals surface area contributed by atoms with Crippen LogP contribution in [0.25, 0.3) is 0 Å². The molecule has 0 aromatic heterocycles. The molecule has 1 saturated heterocycles. The summed E-state index contributed by atoms with van der Waals surface area (Å²) in [6, 6.07) is 16.5. The molecular weight excluding hydrogens is 481 g/mol. The van der Waals surface area contributed by atoms with Gasteiger partial charge >= 0.3 is 0 Å². The molecule has 1 amide bonds. The largest absolute Gasteiger partial charge is 0.483 e. The van der Waals surface area contributed by atoms with E-state index in [1.165, 1.54) is 18.2 Å². The van der Waals surface area contributed by atoms with Gasteiger partial charge in [-0.3, -0.25) is 9.52 Å². The zero-order valence-electron chi connectivity index (χ0n) is 20.6. The van der Waals surface area contributed by atoms with E-state index in [0.29, 0.717) is 48.9 Å². The first-order chi connectivity index (χ1) is 17.1. The second-order valence-electron chi connectivity index (χ2n) is 8.94. The molecule has 0 radical (unpaired) electrons. The topological polar surface area (TPSA) is 78.9 Å². The number of piperazine rings is 1. The molecule has 3 aromatic rings. The van der Waals surface area contributed by atoms with E-state index in [-0.39, 0.29) is 23.2 Å². The van der Waals surface area contributed by atoms with Gasteiger partial charge in [-0.25, -0.2) is 12.8 Å². The number of benzene rings is 3. The normalized spacial score (nSPS) is 14.0. The number of ether oxygens (including phenoxy) is 1. The summed E-state index contributed by atoms with van der Waals surface area (Å²) >= 11 is 0. The Morgan fingerprint density at radius 1 is 0.917 bits per heavy atom. The third-order valence-electron chi connectivity index (χ3n) is 6.39. The molecule has 36 heavy (non-hydrogen) atoms. The minimum absolute atomic E-state index is 0.112. The molecule has 1 aliphatic rings. The number of anilines is 2. The van der Waals surface area contributed by atoms with Crippen molar-refractivity contribution in [2.45, 2.75) is 25.7 Å². The van der Waals surface area contributed by atoms with E-state index < -0.39 is 10.0 Å². The zero-order valence-corrected chi connectivity index (χ0v) is 21.4. The molecule has 1 fully saturated rings. The summed E-state index contributed by atoms with van der Waals surface area (Å²) < 4.78 is 48.0. The lowest BCUT2D eigenvalue weighted by Gasteiger charge is -2.36. The SMILES string of the molecule is Cc1ccc(NS(=O)(=O)c2ccc(OCC(=O)N3CCN(c4ccccc4F)CC3)c(C)c2)cc1C. The van der Waals surface area contributed by atoms with E-state index in [1.54, 1.807) is 48.2 Å². The van der Waals surface area contributed by atoms with E-state index in [9.17, 15) is 17.6 Å². The number of hydrogen-bond acceptors (Lipinski definition) is 5. The Kier molecular flexibility index (Phi) is 7.49. The molecular formula is C27H30FN3O4S. The highest BCUT2D eigenvalue weighted by atomic mass is 32.2. The fourth-order valence-electron chi connectivity index (χ4n) is 4.11. The summed E-state index contributed by atoms with van der Waals surface area (Å²) in [6.45, 7) is 7.47. The second-order valence-corrected chi connectivity index (χ2v) is 10.6. The lowest BCUT2D eigenvalue weighted by molar-refractivity contribution is -0.133. The average Bonchev–Trinajstić information content (AvgIpc) is 2.85. The average molecular weight is 512 g/mol. The molecule has 9 heteroatoms. The van der Waals surface area contributed by atoms with E-state index in [0.717, 1.165) is 11.1 Å². The van der Waals surface area contributed by atoms with E-state index in [2.05, 4.69) is 4.72 Å². The monoisotopic (exact) mass is 511 g/mol. The Labute approximate surface area is 211 Å². The van der Waals surface area contributed by atoms with Crippen LogP contribution in [0.3, 0.4) is 0 Å². The van der Waals surface area contributed by atoms with E-state index >= 15 is 0 Å². The third kappa shape index (κ3) is 5.79. The van der Waals surface area contributed by atoms with Gasteiger partial charge in [-0.15, -0.1) is 0 Å². The number of halogens is 1. The van der Waals surface area contributed by atoms with Gasteiger partial charge in [0.2, 0.25) is 0 Å². The Balaban J connectivity index is 1.33. The summed E-state index contributed by atoms with van der Waals surface area (Å²) in [6.07, 6.45) is 0. The quantitative estimate of drug-likeness (QED) is 0.512. The van der Waals surface area contributed by atoms with Gasteiger partial charge in [-0.2, -0.15) is 0 Å². The maximum Gasteiger partial charge on any atom is 0.261 e. The van der Waals surface area contributed by atoms with Crippen molar-refractivity contribution in [2.75, 3.05) is 42.4 Å². The molecule has 0 unspecified atom stereocenters. The van der Waals surface area contributed by atoms with E-state index in [1.807, 2.05) is 24.8 Å². The fourth-order valence-corrected chi connectivity index (χ4v) is 5.24. The molecule has 3 aromatic carbocycles. The number of para-hydroxylation sites is 1. The van der Waals surface area contributed by atoms with Gasteiger partial charge in [0.15, 0.2) is 6.61 Å². The van der Waals surface area contributed by atoms with Crippen LogP contribution in [0, 0.1) is 26.6 Å². The van der Waals surface area contributed by atoms with Crippen molar-refractivity contribution >= 4 is 27.3 Å². The van der Waals surface area contributed by atoms with Crippen LogP contribution < -0.4 is 14.4 Å². The molecule has 4 rings (SSSR count). The molecule has 0 spiro atoms. The summed E-state index contributed by atoms with van der Waals surface area (Å²) in [7, 11) is -3.77. The minimum atomic E-state index is -3.77. The number of sulfonamides is 1. The summed E-state index contributed by atoms with van der Waals surface area (Å²) in [5.74, 6) is -0.000104. The van der Waals surface area contributed by atoms with Crippen LogP contribution >= 0.6 is 0 Å². The predicted octanol–water partition coefficient (Wildman–Crippen LogP) is 4.28. The number of nitrogens with zero attached hydrogens (tertiary/aromatic N) is 2. The number of amides is 1. The van der Waals surface area contributed by atoms with Gasteiger partial charge in [0.25, 0.3) is 15.9 Å². The molecule has 1 N–H and O–H groups in total. The highest BCUT2D eigenvalue weighted by Crippen LogP contribution is 2.25. The Morgan fingerprint density at radius 3 is 2.31 bits per heavy atom. The summed E-state index contributed by atoms with van der Waals surface area (Å²) in [4.78, 5) is 16.4. The van der Waals surface area contributed by atoms with Crippen molar-refractivity contribution in [3.05, 3.63) is 83.2 Å². The molecule has 0 bridgehead atoms. The first-order valence-corrected chi connectivity index (χ1v) is 13.2. The van der Waals surface area contributed by atoms with Crippen molar-refractivity contribution in [1.82, 2.24) is 4.90 Å². The zero-order chi connectivity index (χ0) is 25.9. The van der Waals surface area contributed by atoms with Gasteiger partial charge in [0, 0.05) is 31.9 Å². The highest BCUT2D eigenvalue weighted by Gasteiger charge is 2.23. The van der Waals surface area contributed by atoms with E-state index in [4.69, 9.17) is 4.74 Å². The van der Waals surface area contributed by atoms with Gasteiger partial charge in [0.1, 0.15) is 11.6 Å². The highest BCUT2D eigenvalue weighted by molar-refractivity contribution is 7.92. The summed E-state index contributed by atoms with van der Waals surface area (Å²) in [5.41, 5.74) is 3.72. The van der Waals surface area contributed by atoms with Crippen molar-refractivity contribution in [3.63, 3.8) is 0 Å². The number of hydrogen-bond donors (Lipinski definition) is 1. The number of carbonyl (C=O) groups is 1. The first-order valence-electron chi connectivity index (χ1n) is 11.7. The summed E-state index contributed by atoms with van der Waals surface area (Å²) in [5, 5.41) is 0. The Hall–Kier alpha value is -3.59. The molecule has 190 valence electrons. The standard InChI is InChI=1S/C27H30FN3O4S/c1-19-8-9-22(16-20(19)2)29-36(33,34)23-10-11-26(21(3)17-23)35-18-27(32)31-14-12-30(13-15-31)25-7-5-4-6-24(25)28/h4-11,16-17,29H,12-15,18H2,1-3H3. The number of carbonyl (C=O) groups excluding carboxylic acids is 1. The van der Waals surface area contributed by atoms with Gasteiger partial charge < -0.3 is 14.5 Å². The van der Waals surface area contributed by atoms with Crippen LogP contribution in [0.15, 0.2) is 65.6 Å². The first kappa shape index (κ1) is 25.5. The number of rotatable bonds is 7. The Morgan fingerprint density at radius 2 is 1.64 bits per heavy atom.